The van der Waals surface area contributed by atoms with Crippen LogP contribution in [-0.2, 0) is 19.9 Å². The summed E-state index contributed by atoms with van der Waals surface area (Å²) in [5, 5.41) is 2.05. The van der Waals surface area contributed by atoms with Gasteiger partial charge < -0.3 is 5.73 Å². The number of carbonyl (C=O) groups excluding carboxylic acids is 2. The van der Waals surface area contributed by atoms with Crippen LogP contribution in [0.5, 0.6) is 0 Å². The van der Waals surface area contributed by atoms with Gasteiger partial charge in [-0.05, 0) is 12.2 Å². The highest BCUT2D eigenvalue weighted by Gasteiger charge is 2.36. The summed E-state index contributed by atoms with van der Waals surface area (Å²) in [5.41, 5.74) is 5.72. The fraction of sp³-hybridized carbons (Fsp3) is 0.125. The molecule has 3 N–H and O–H groups in total. The molecule has 1 heterocycles. The SMILES string of the molecule is NC1C2=C(C=CC1=S(=O)=O)C(=O)NC2=O. The zero-order valence-electron chi connectivity index (χ0n) is 7.35. The van der Waals surface area contributed by atoms with E-state index in [4.69, 9.17) is 5.73 Å². The van der Waals surface area contributed by atoms with E-state index in [-0.39, 0.29) is 16.0 Å². The van der Waals surface area contributed by atoms with E-state index >= 15 is 0 Å². The molecule has 0 spiro atoms. The van der Waals surface area contributed by atoms with Gasteiger partial charge in [0.25, 0.3) is 11.8 Å². The summed E-state index contributed by atoms with van der Waals surface area (Å²) in [6.07, 6.45) is 2.51. The molecule has 2 rings (SSSR count). The Morgan fingerprint density at radius 1 is 1.20 bits per heavy atom. The fourth-order valence-corrected chi connectivity index (χ4v) is 2.03. The fourth-order valence-electron chi connectivity index (χ4n) is 1.53. The maximum absolute atomic E-state index is 11.3. The van der Waals surface area contributed by atoms with E-state index in [2.05, 4.69) is 5.32 Å². The first-order valence-electron chi connectivity index (χ1n) is 4.02. The summed E-state index contributed by atoms with van der Waals surface area (Å²) < 4.78 is 21.5. The Hall–Kier alpha value is -1.73. The van der Waals surface area contributed by atoms with Crippen LogP contribution in [0, 0.1) is 0 Å². The maximum Gasteiger partial charge on any atom is 0.258 e. The Morgan fingerprint density at radius 3 is 2.47 bits per heavy atom. The van der Waals surface area contributed by atoms with Gasteiger partial charge in [0.1, 0.15) is 0 Å². The van der Waals surface area contributed by atoms with E-state index in [1.165, 1.54) is 12.2 Å². The quantitative estimate of drug-likeness (QED) is 0.363. The first-order chi connectivity index (χ1) is 7.02. The summed E-state index contributed by atoms with van der Waals surface area (Å²) >= 11 is 0. The average Bonchev–Trinajstić information content (AvgIpc) is 2.43. The van der Waals surface area contributed by atoms with Crippen molar-refractivity contribution < 1.29 is 18.0 Å². The van der Waals surface area contributed by atoms with Crippen LogP contribution >= 0.6 is 0 Å². The van der Waals surface area contributed by atoms with Crippen molar-refractivity contribution in [2.45, 2.75) is 6.04 Å². The average molecular weight is 226 g/mol. The molecule has 0 saturated heterocycles. The van der Waals surface area contributed by atoms with E-state index in [1.807, 2.05) is 0 Å². The molecule has 1 aliphatic carbocycles. The molecule has 2 aliphatic rings. The molecular formula is C8H6N2O4S. The van der Waals surface area contributed by atoms with Crippen molar-refractivity contribution in [2.75, 3.05) is 0 Å². The molecule has 78 valence electrons. The second-order valence-corrected chi connectivity index (χ2v) is 4.00. The van der Waals surface area contributed by atoms with Gasteiger partial charge in [0.2, 0.25) is 10.3 Å². The van der Waals surface area contributed by atoms with Gasteiger partial charge in [-0.25, -0.2) is 0 Å². The molecule has 2 amide bonds. The summed E-state index contributed by atoms with van der Waals surface area (Å²) in [4.78, 5) is 22.4. The Kier molecular flexibility index (Phi) is 2.06. The first-order valence-corrected chi connectivity index (χ1v) is 5.09. The number of nitrogens with two attached hydrogens (primary N) is 1. The monoisotopic (exact) mass is 226 g/mol. The molecule has 6 nitrogen and oxygen atoms in total. The third kappa shape index (κ3) is 1.32. The van der Waals surface area contributed by atoms with Crippen LogP contribution in [-0.4, -0.2) is 31.1 Å². The molecule has 15 heavy (non-hydrogen) atoms. The minimum atomic E-state index is -2.49. The standard InChI is InChI=1S/C8H6N2O4S/c9-6-4(15(13)14)2-1-3-5(6)8(12)10-7(3)11/h1-2,6H,9H2,(H,10,11,12). The Bertz CT molecular complexity index is 559. The zero-order chi connectivity index (χ0) is 11.2. The lowest BCUT2D eigenvalue weighted by Crippen LogP contribution is -2.37. The van der Waals surface area contributed by atoms with Crippen LogP contribution < -0.4 is 11.1 Å². The van der Waals surface area contributed by atoms with Crippen LogP contribution in [0.3, 0.4) is 0 Å². The molecule has 0 saturated carbocycles. The lowest BCUT2D eigenvalue weighted by Gasteiger charge is -2.13. The van der Waals surface area contributed by atoms with Crippen LogP contribution in [0.25, 0.3) is 0 Å². The van der Waals surface area contributed by atoms with E-state index in [1.54, 1.807) is 0 Å². The predicted octanol–water partition coefficient (Wildman–Crippen LogP) is -2.11. The van der Waals surface area contributed by atoms with Crippen molar-refractivity contribution in [3.63, 3.8) is 0 Å². The third-order valence-electron chi connectivity index (χ3n) is 2.23. The molecule has 0 fully saturated rings. The molecule has 0 aromatic rings. The normalized spacial score (nSPS) is 24.3. The summed E-state index contributed by atoms with van der Waals surface area (Å²) in [6, 6.07) is -1.06. The second kappa shape index (κ2) is 3.14. The number of nitrogens with one attached hydrogen (secondary N) is 1. The molecule has 1 unspecified atom stereocenters. The minimum absolute atomic E-state index is 0.0155. The molecule has 0 radical (unpaired) electrons. The Balaban J connectivity index is 2.64. The number of imide groups is 1. The first kappa shape index (κ1) is 9.81. The van der Waals surface area contributed by atoms with Crippen molar-refractivity contribution in [3.05, 3.63) is 23.3 Å². The van der Waals surface area contributed by atoms with Crippen molar-refractivity contribution in [3.8, 4) is 0 Å². The number of rotatable bonds is 0. The van der Waals surface area contributed by atoms with Gasteiger partial charge in [-0.1, -0.05) is 0 Å². The van der Waals surface area contributed by atoms with Gasteiger partial charge >= 0.3 is 0 Å². The van der Waals surface area contributed by atoms with Crippen LogP contribution in [0.4, 0.5) is 0 Å². The zero-order valence-corrected chi connectivity index (χ0v) is 8.17. The number of amides is 2. The smallest absolute Gasteiger partial charge is 0.258 e. The number of carbonyl (C=O) groups is 2. The van der Waals surface area contributed by atoms with Crippen LogP contribution in [0.1, 0.15) is 0 Å². The topological polar surface area (TPSA) is 106 Å². The highest BCUT2D eigenvalue weighted by Crippen LogP contribution is 2.21. The maximum atomic E-state index is 11.3. The van der Waals surface area contributed by atoms with Crippen molar-refractivity contribution in [1.82, 2.24) is 5.32 Å². The van der Waals surface area contributed by atoms with Gasteiger partial charge in [0, 0.05) is 0 Å². The third-order valence-corrected chi connectivity index (χ3v) is 3.01. The molecule has 1 atom stereocenters. The Labute approximate surface area is 86.0 Å². The van der Waals surface area contributed by atoms with Crippen molar-refractivity contribution in [2.24, 2.45) is 5.73 Å². The van der Waals surface area contributed by atoms with Gasteiger partial charge in [-0.3, -0.25) is 14.9 Å². The molecule has 7 heteroatoms. The van der Waals surface area contributed by atoms with Crippen LogP contribution in [0.2, 0.25) is 0 Å². The van der Waals surface area contributed by atoms with Crippen LogP contribution in [0.15, 0.2) is 23.3 Å². The largest absolute Gasteiger partial charge is 0.319 e. The van der Waals surface area contributed by atoms with E-state index in [9.17, 15) is 18.0 Å². The van der Waals surface area contributed by atoms with Gasteiger partial charge in [-0.15, -0.1) is 0 Å². The number of hydrogen-bond donors (Lipinski definition) is 2. The van der Waals surface area contributed by atoms with E-state index in [0.717, 1.165) is 0 Å². The molecule has 0 aromatic heterocycles. The molecular weight excluding hydrogens is 220 g/mol. The number of hydrogen-bond acceptors (Lipinski definition) is 5. The van der Waals surface area contributed by atoms with E-state index in [0.29, 0.717) is 0 Å². The summed E-state index contributed by atoms with van der Waals surface area (Å²) in [6.45, 7) is 0. The van der Waals surface area contributed by atoms with Crippen molar-refractivity contribution >= 4 is 27.0 Å². The van der Waals surface area contributed by atoms with Gasteiger partial charge in [0.15, 0.2) is 0 Å². The highest BCUT2D eigenvalue weighted by molar-refractivity contribution is 7.73. The lowest BCUT2D eigenvalue weighted by atomic mass is 9.95. The molecule has 1 aliphatic heterocycles. The highest BCUT2D eigenvalue weighted by atomic mass is 32.2. The van der Waals surface area contributed by atoms with E-state index < -0.39 is 28.1 Å². The van der Waals surface area contributed by atoms with Gasteiger partial charge in [0.05, 0.1) is 22.1 Å². The van der Waals surface area contributed by atoms with Crippen molar-refractivity contribution in [1.29, 1.82) is 0 Å². The summed E-state index contributed by atoms with van der Waals surface area (Å²) in [7, 11) is -2.49. The molecule has 0 bridgehead atoms. The Morgan fingerprint density at radius 2 is 1.87 bits per heavy atom. The second-order valence-electron chi connectivity index (χ2n) is 3.06. The minimum Gasteiger partial charge on any atom is -0.319 e. The molecule has 0 aromatic carbocycles. The lowest BCUT2D eigenvalue weighted by molar-refractivity contribution is -0.124. The summed E-state index contributed by atoms with van der Waals surface area (Å²) in [5.74, 6) is -1.17. The van der Waals surface area contributed by atoms with Gasteiger partial charge in [-0.2, -0.15) is 8.42 Å². The predicted molar refractivity (Wildman–Crippen MR) is 51.2 cm³/mol.